The van der Waals surface area contributed by atoms with Crippen molar-refractivity contribution in [2.45, 2.75) is 12.5 Å². The van der Waals surface area contributed by atoms with Crippen molar-refractivity contribution in [3.63, 3.8) is 0 Å². The van der Waals surface area contributed by atoms with Crippen molar-refractivity contribution in [1.29, 1.82) is 0 Å². The molecule has 0 fully saturated rings. The quantitative estimate of drug-likeness (QED) is 0.817. The smallest absolute Gasteiger partial charge is 0.130 e. The van der Waals surface area contributed by atoms with E-state index >= 15 is 0 Å². The van der Waals surface area contributed by atoms with Crippen LogP contribution in [0.25, 0.3) is 0 Å². The standard InChI is InChI=1S/C9H12Cl2N2O/c1-9(5-12,14-2)6-4-13-8(11)3-7(6)10/h3-4H,5,12H2,1-2H3. The van der Waals surface area contributed by atoms with Crippen LogP contribution in [0, 0.1) is 0 Å². The number of hydrogen-bond acceptors (Lipinski definition) is 3. The van der Waals surface area contributed by atoms with Gasteiger partial charge in [-0.15, -0.1) is 0 Å². The number of pyridine rings is 1. The van der Waals surface area contributed by atoms with Gasteiger partial charge in [-0.1, -0.05) is 23.2 Å². The molecule has 2 N–H and O–H groups in total. The van der Waals surface area contributed by atoms with Crippen molar-refractivity contribution in [2.75, 3.05) is 13.7 Å². The number of nitrogens with two attached hydrogens (primary N) is 1. The topological polar surface area (TPSA) is 48.1 Å². The molecule has 1 aromatic heterocycles. The predicted molar refractivity (Wildman–Crippen MR) is 57.7 cm³/mol. The first kappa shape index (κ1) is 11.7. The zero-order valence-corrected chi connectivity index (χ0v) is 9.56. The fourth-order valence-electron chi connectivity index (χ4n) is 1.10. The highest BCUT2D eigenvalue weighted by molar-refractivity contribution is 6.34. The van der Waals surface area contributed by atoms with Gasteiger partial charge < -0.3 is 10.5 Å². The first-order valence-electron chi connectivity index (χ1n) is 4.10. The van der Waals surface area contributed by atoms with Gasteiger partial charge in [0.25, 0.3) is 0 Å². The Kier molecular flexibility index (Phi) is 3.72. The zero-order valence-electron chi connectivity index (χ0n) is 8.05. The number of halogens is 2. The maximum atomic E-state index is 6.01. The van der Waals surface area contributed by atoms with Crippen molar-refractivity contribution < 1.29 is 4.74 Å². The van der Waals surface area contributed by atoms with Crippen LogP contribution in [-0.2, 0) is 10.3 Å². The van der Waals surface area contributed by atoms with Gasteiger partial charge in [-0.3, -0.25) is 0 Å². The van der Waals surface area contributed by atoms with E-state index in [1.807, 2.05) is 6.92 Å². The van der Waals surface area contributed by atoms with Crippen LogP contribution in [0.15, 0.2) is 12.3 Å². The minimum atomic E-state index is -0.616. The molecule has 0 aliphatic rings. The van der Waals surface area contributed by atoms with Gasteiger partial charge in [-0.25, -0.2) is 4.98 Å². The van der Waals surface area contributed by atoms with Gasteiger partial charge in [0.2, 0.25) is 0 Å². The molecule has 78 valence electrons. The minimum Gasteiger partial charge on any atom is -0.372 e. The molecular weight excluding hydrogens is 223 g/mol. The second kappa shape index (κ2) is 4.45. The molecule has 0 spiro atoms. The van der Waals surface area contributed by atoms with Crippen molar-refractivity contribution in [2.24, 2.45) is 5.73 Å². The monoisotopic (exact) mass is 234 g/mol. The first-order chi connectivity index (χ1) is 6.53. The Hall–Kier alpha value is -0.350. The predicted octanol–water partition coefficient (Wildman–Crippen LogP) is 2.21. The van der Waals surface area contributed by atoms with E-state index in [0.717, 1.165) is 5.56 Å². The summed E-state index contributed by atoms with van der Waals surface area (Å²) >= 11 is 11.7. The Morgan fingerprint density at radius 3 is 2.64 bits per heavy atom. The van der Waals surface area contributed by atoms with Gasteiger partial charge in [-0.05, 0) is 13.0 Å². The highest BCUT2D eigenvalue weighted by Gasteiger charge is 2.27. The van der Waals surface area contributed by atoms with Crippen LogP contribution in [0.5, 0.6) is 0 Å². The van der Waals surface area contributed by atoms with Crippen LogP contribution in [0.2, 0.25) is 10.2 Å². The third-order valence-corrected chi connectivity index (χ3v) is 2.75. The molecule has 1 atom stereocenters. The average molecular weight is 235 g/mol. The molecule has 0 aromatic carbocycles. The summed E-state index contributed by atoms with van der Waals surface area (Å²) in [6.07, 6.45) is 1.58. The van der Waals surface area contributed by atoms with Gasteiger partial charge in [-0.2, -0.15) is 0 Å². The van der Waals surface area contributed by atoms with Crippen molar-refractivity contribution in [3.05, 3.63) is 28.0 Å². The zero-order chi connectivity index (χ0) is 10.8. The Balaban J connectivity index is 3.17. The summed E-state index contributed by atoms with van der Waals surface area (Å²) in [5.74, 6) is 0. The lowest BCUT2D eigenvalue weighted by Gasteiger charge is -2.27. The average Bonchev–Trinajstić information content (AvgIpc) is 2.17. The van der Waals surface area contributed by atoms with E-state index in [-0.39, 0.29) is 0 Å². The van der Waals surface area contributed by atoms with E-state index < -0.39 is 5.60 Å². The molecule has 0 saturated carbocycles. The third-order valence-electron chi connectivity index (χ3n) is 2.23. The molecule has 0 aliphatic heterocycles. The number of rotatable bonds is 3. The summed E-state index contributed by atoms with van der Waals surface area (Å²) < 4.78 is 5.30. The minimum absolute atomic E-state index is 0.326. The molecule has 1 unspecified atom stereocenters. The lowest BCUT2D eigenvalue weighted by molar-refractivity contribution is 0.00989. The van der Waals surface area contributed by atoms with Gasteiger partial charge in [0, 0.05) is 25.4 Å². The molecule has 5 heteroatoms. The second-order valence-electron chi connectivity index (χ2n) is 3.13. The summed E-state index contributed by atoms with van der Waals surface area (Å²) in [4.78, 5) is 3.95. The molecule has 3 nitrogen and oxygen atoms in total. The normalized spacial score (nSPS) is 15.2. The fourth-order valence-corrected chi connectivity index (χ4v) is 1.67. The van der Waals surface area contributed by atoms with Crippen molar-refractivity contribution in [3.8, 4) is 0 Å². The van der Waals surface area contributed by atoms with Gasteiger partial charge in [0.05, 0.1) is 5.02 Å². The first-order valence-corrected chi connectivity index (χ1v) is 4.86. The lowest BCUT2D eigenvalue weighted by Crippen LogP contribution is -2.34. The largest absolute Gasteiger partial charge is 0.372 e. The van der Waals surface area contributed by atoms with E-state index in [4.69, 9.17) is 33.7 Å². The number of hydrogen-bond donors (Lipinski definition) is 1. The summed E-state index contributed by atoms with van der Waals surface area (Å²) in [7, 11) is 1.58. The van der Waals surface area contributed by atoms with E-state index in [1.165, 1.54) is 0 Å². The van der Waals surface area contributed by atoms with Crippen LogP contribution in [0.3, 0.4) is 0 Å². The highest BCUT2D eigenvalue weighted by Crippen LogP contribution is 2.30. The molecule has 0 saturated heterocycles. The van der Waals surface area contributed by atoms with E-state index in [2.05, 4.69) is 4.98 Å². The summed E-state index contributed by atoms with van der Waals surface area (Å²) in [6, 6.07) is 1.57. The number of nitrogens with zero attached hydrogens (tertiary/aromatic N) is 1. The van der Waals surface area contributed by atoms with Crippen LogP contribution < -0.4 is 5.73 Å². The molecule has 1 aromatic rings. The number of ether oxygens (including phenoxy) is 1. The molecule has 0 radical (unpaired) electrons. The molecule has 1 rings (SSSR count). The van der Waals surface area contributed by atoms with E-state index in [1.54, 1.807) is 19.4 Å². The van der Waals surface area contributed by atoms with Crippen LogP contribution in [-0.4, -0.2) is 18.6 Å². The van der Waals surface area contributed by atoms with Crippen molar-refractivity contribution in [1.82, 2.24) is 4.98 Å². The van der Waals surface area contributed by atoms with Crippen molar-refractivity contribution >= 4 is 23.2 Å². The molecule has 0 bridgehead atoms. The Labute approximate surface area is 93.2 Å². The molecule has 1 heterocycles. The van der Waals surface area contributed by atoms with Gasteiger partial charge in [0.1, 0.15) is 10.8 Å². The maximum Gasteiger partial charge on any atom is 0.130 e. The molecular formula is C9H12Cl2N2O. The summed E-state index contributed by atoms with van der Waals surface area (Å²) in [5.41, 5.74) is 5.74. The van der Waals surface area contributed by atoms with Gasteiger partial charge in [0.15, 0.2) is 0 Å². The van der Waals surface area contributed by atoms with E-state index in [0.29, 0.717) is 16.7 Å². The Morgan fingerprint density at radius 2 is 2.21 bits per heavy atom. The Bertz CT molecular complexity index is 327. The SMILES string of the molecule is COC(C)(CN)c1cnc(Cl)cc1Cl. The van der Waals surface area contributed by atoms with Crippen LogP contribution >= 0.6 is 23.2 Å². The van der Waals surface area contributed by atoms with Gasteiger partial charge >= 0.3 is 0 Å². The molecule has 14 heavy (non-hydrogen) atoms. The summed E-state index contributed by atoms with van der Waals surface area (Å²) in [5, 5.41) is 0.869. The van der Waals surface area contributed by atoms with E-state index in [9.17, 15) is 0 Å². The number of aromatic nitrogens is 1. The number of methoxy groups -OCH3 is 1. The highest BCUT2D eigenvalue weighted by atomic mass is 35.5. The third kappa shape index (κ3) is 2.17. The lowest BCUT2D eigenvalue weighted by atomic mass is 9.98. The second-order valence-corrected chi connectivity index (χ2v) is 3.92. The molecule has 0 aliphatic carbocycles. The van der Waals surface area contributed by atoms with Crippen LogP contribution in [0.4, 0.5) is 0 Å². The Morgan fingerprint density at radius 1 is 1.57 bits per heavy atom. The maximum absolute atomic E-state index is 6.01. The van der Waals surface area contributed by atoms with Crippen LogP contribution in [0.1, 0.15) is 12.5 Å². The fraction of sp³-hybridized carbons (Fsp3) is 0.444. The molecule has 0 amide bonds. The summed E-state index contributed by atoms with van der Waals surface area (Å²) in [6.45, 7) is 2.18.